The lowest BCUT2D eigenvalue weighted by Crippen LogP contribution is -2.14. The molecule has 0 aliphatic heterocycles. The fourth-order valence-electron chi connectivity index (χ4n) is 2.01. The van der Waals surface area contributed by atoms with Crippen LogP contribution in [0.4, 0.5) is 8.78 Å². The SMILES string of the molecule is CCCNCc1ccc(Oc2cc(F)ccc2F)cc1C. The van der Waals surface area contributed by atoms with E-state index in [1.165, 1.54) is 0 Å². The molecule has 0 unspecified atom stereocenters. The number of nitrogens with one attached hydrogen (secondary N) is 1. The van der Waals surface area contributed by atoms with E-state index in [1.54, 1.807) is 6.07 Å². The quantitative estimate of drug-likeness (QED) is 0.787. The van der Waals surface area contributed by atoms with Crippen LogP contribution in [0.2, 0.25) is 0 Å². The number of hydrogen-bond donors (Lipinski definition) is 1. The molecule has 0 saturated carbocycles. The van der Waals surface area contributed by atoms with Gasteiger partial charge in [0, 0.05) is 12.6 Å². The van der Waals surface area contributed by atoms with E-state index in [2.05, 4.69) is 12.2 Å². The summed E-state index contributed by atoms with van der Waals surface area (Å²) in [5.74, 6) is -0.714. The van der Waals surface area contributed by atoms with Crippen LogP contribution in [-0.2, 0) is 6.54 Å². The van der Waals surface area contributed by atoms with Gasteiger partial charge >= 0.3 is 0 Å². The number of aryl methyl sites for hydroxylation is 1. The van der Waals surface area contributed by atoms with Crippen LogP contribution in [-0.4, -0.2) is 6.54 Å². The first-order valence-electron chi connectivity index (χ1n) is 7.03. The Kier molecular flexibility index (Phi) is 5.28. The molecule has 21 heavy (non-hydrogen) atoms. The van der Waals surface area contributed by atoms with Crippen LogP contribution in [0.3, 0.4) is 0 Å². The van der Waals surface area contributed by atoms with Gasteiger partial charge in [-0.05, 0) is 55.3 Å². The van der Waals surface area contributed by atoms with Crippen LogP contribution in [0.5, 0.6) is 11.5 Å². The number of halogens is 2. The van der Waals surface area contributed by atoms with Crippen molar-refractivity contribution in [3.8, 4) is 11.5 Å². The average molecular weight is 291 g/mol. The van der Waals surface area contributed by atoms with Gasteiger partial charge in [0.25, 0.3) is 0 Å². The molecule has 0 aromatic heterocycles. The van der Waals surface area contributed by atoms with Crippen molar-refractivity contribution in [1.82, 2.24) is 5.32 Å². The Bertz CT molecular complexity index is 614. The molecule has 0 heterocycles. The van der Waals surface area contributed by atoms with Gasteiger partial charge in [-0.3, -0.25) is 0 Å². The Morgan fingerprint density at radius 3 is 2.62 bits per heavy atom. The Morgan fingerprint density at radius 2 is 1.90 bits per heavy atom. The highest BCUT2D eigenvalue weighted by molar-refractivity contribution is 5.38. The monoisotopic (exact) mass is 291 g/mol. The van der Waals surface area contributed by atoms with Gasteiger partial charge in [0.15, 0.2) is 11.6 Å². The van der Waals surface area contributed by atoms with E-state index in [1.807, 2.05) is 19.1 Å². The summed E-state index contributed by atoms with van der Waals surface area (Å²) >= 11 is 0. The molecule has 0 amide bonds. The van der Waals surface area contributed by atoms with Gasteiger partial charge in [-0.25, -0.2) is 8.78 Å². The Morgan fingerprint density at radius 1 is 1.10 bits per heavy atom. The Balaban J connectivity index is 2.11. The summed E-state index contributed by atoms with van der Waals surface area (Å²) in [6, 6.07) is 8.69. The average Bonchev–Trinajstić information content (AvgIpc) is 2.45. The molecular weight excluding hydrogens is 272 g/mol. The first kappa shape index (κ1) is 15.4. The topological polar surface area (TPSA) is 21.3 Å². The zero-order chi connectivity index (χ0) is 15.2. The first-order chi connectivity index (χ1) is 10.1. The minimum absolute atomic E-state index is 0.105. The molecule has 0 aliphatic rings. The minimum atomic E-state index is -0.581. The Hall–Kier alpha value is -1.94. The first-order valence-corrected chi connectivity index (χ1v) is 7.03. The molecule has 0 radical (unpaired) electrons. The number of ether oxygens (including phenoxy) is 1. The highest BCUT2D eigenvalue weighted by atomic mass is 19.1. The fraction of sp³-hybridized carbons (Fsp3) is 0.294. The maximum absolute atomic E-state index is 13.5. The summed E-state index contributed by atoms with van der Waals surface area (Å²) in [4.78, 5) is 0. The van der Waals surface area contributed by atoms with Crippen LogP contribution in [0.25, 0.3) is 0 Å². The van der Waals surface area contributed by atoms with Gasteiger partial charge in [-0.15, -0.1) is 0 Å². The largest absolute Gasteiger partial charge is 0.454 e. The van der Waals surface area contributed by atoms with E-state index in [4.69, 9.17) is 4.74 Å². The summed E-state index contributed by atoms with van der Waals surface area (Å²) in [5, 5.41) is 3.33. The molecule has 0 bridgehead atoms. The zero-order valence-corrected chi connectivity index (χ0v) is 12.2. The molecule has 0 aliphatic carbocycles. The highest BCUT2D eigenvalue weighted by Gasteiger charge is 2.07. The third-order valence-corrected chi connectivity index (χ3v) is 3.18. The van der Waals surface area contributed by atoms with E-state index in [-0.39, 0.29) is 5.75 Å². The highest BCUT2D eigenvalue weighted by Crippen LogP contribution is 2.26. The lowest BCUT2D eigenvalue weighted by Gasteiger charge is -2.11. The summed E-state index contributed by atoms with van der Waals surface area (Å²) < 4.78 is 32.1. The smallest absolute Gasteiger partial charge is 0.165 e. The van der Waals surface area contributed by atoms with E-state index in [0.29, 0.717) is 5.75 Å². The van der Waals surface area contributed by atoms with E-state index < -0.39 is 11.6 Å². The van der Waals surface area contributed by atoms with Gasteiger partial charge in [-0.2, -0.15) is 0 Å². The molecule has 2 aromatic rings. The molecular formula is C17H19F2NO. The fourth-order valence-corrected chi connectivity index (χ4v) is 2.01. The second-order valence-electron chi connectivity index (χ2n) is 4.94. The molecule has 0 saturated heterocycles. The lowest BCUT2D eigenvalue weighted by molar-refractivity contribution is 0.436. The molecule has 0 atom stereocenters. The van der Waals surface area contributed by atoms with Crippen molar-refractivity contribution in [1.29, 1.82) is 0 Å². The maximum atomic E-state index is 13.5. The summed E-state index contributed by atoms with van der Waals surface area (Å²) in [6.45, 7) is 5.84. The predicted octanol–water partition coefficient (Wildman–Crippen LogP) is 4.57. The van der Waals surface area contributed by atoms with Crippen LogP contribution >= 0.6 is 0 Å². The summed E-state index contributed by atoms with van der Waals surface area (Å²) in [5.41, 5.74) is 2.21. The van der Waals surface area contributed by atoms with Gasteiger partial charge in [0.1, 0.15) is 11.6 Å². The molecule has 2 rings (SSSR count). The molecule has 2 aromatic carbocycles. The van der Waals surface area contributed by atoms with Crippen molar-refractivity contribution in [2.24, 2.45) is 0 Å². The van der Waals surface area contributed by atoms with Crippen LogP contribution < -0.4 is 10.1 Å². The van der Waals surface area contributed by atoms with E-state index >= 15 is 0 Å². The van der Waals surface area contributed by atoms with Crippen LogP contribution in [0.15, 0.2) is 36.4 Å². The normalized spacial score (nSPS) is 10.7. The van der Waals surface area contributed by atoms with Gasteiger partial charge in [0.05, 0.1) is 0 Å². The van der Waals surface area contributed by atoms with Crippen molar-refractivity contribution >= 4 is 0 Å². The summed E-state index contributed by atoms with van der Waals surface area (Å²) in [7, 11) is 0. The molecule has 112 valence electrons. The molecule has 4 heteroatoms. The van der Waals surface area contributed by atoms with Gasteiger partial charge < -0.3 is 10.1 Å². The third kappa shape index (κ3) is 4.26. The molecule has 0 spiro atoms. The lowest BCUT2D eigenvalue weighted by atomic mass is 10.1. The van der Waals surface area contributed by atoms with Gasteiger partial charge in [-0.1, -0.05) is 13.0 Å². The third-order valence-electron chi connectivity index (χ3n) is 3.18. The van der Waals surface area contributed by atoms with E-state index in [0.717, 1.165) is 48.8 Å². The zero-order valence-electron chi connectivity index (χ0n) is 12.2. The summed E-state index contributed by atoms with van der Waals surface area (Å²) in [6.07, 6.45) is 1.08. The van der Waals surface area contributed by atoms with Crippen LogP contribution in [0, 0.1) is 18.6 Å². The second-order valence-corrected chi connectivity index (χ2v) is 4.94. The maximum Gasteiger partial charge on any atom is 0.165 e. The van der Waals surface area contributed by atoms with Gasteiger partial charge in [0.2, 0.25) is 0 Å². The van der Waals surface area contributed by atoms with Crippen molar-refractivity contribution in [3.63, 3.8) is 0 Å². The second kappa shape index (κ2) is 7.18. The van der Waals surface area contributed by atoms with Crippen molar-refractivity contribution in [3.05, 3.63) is 59.2 Å². The molecule has 0 fully saturated rings. The number of rotatable bonds is 6. The minimum Gasteiger partial charge on any atom is -0.454 e. The molecule has 2 nitrogen and oxygen atoms in total. The van der Waals surface area contributed by atoms with Crippen molar-refractivity contribution in [2.75, 3.05) is 6.54 Å². The van der Waals surface area contributed by atoms with Crippen molar-refractivity contribution < 1.29 is 13.5 Å². The van der Waals surface area contributed by atoms with E-state index in [9.17, 15) is 8.78 Å². The number of benzene rings is 2. The van der Waals surface area contributed by atoms with Crippen molar-refractivity contribution in [2.45, 2.75) is 26.8 Å². The standard InChI is InChI=1S/C17H19F2NO/c1-3-8-20-11-13-4-6-15(9-12(13)2)21-17-10-14(18)5-7-16(17)19/h4-7,9-10,20H,3,8,11H2,1-2H3. The van der Waals surface area contributed by atoms with Crippen LogP contribution in [0.1, 0.15) is 24.5 Å². The Labute approximate surface area is 123 Å². The predicted molar refractivity (Wildman–Crippen MR) is 79.6 cm³/mol. The number of hydrogen-bond acceptors (Lipinski definition) is 2. The molecule has 1 N–H and O–H groups in total.